The Bertz CT molecular complexity index is 1110. The maximum atomic E-state index is 11.5. The van der Waals surface area contributed by atoms with Crippen LogP contribution in [0.25, 0.3) is 22.8 Å². The van der Waals surface area contributed by atoms with Crippen molar-refractivity contribution in [3.8, 4) is 22.8 Å². The molecule has 29 heavy (non-hydrogen) atoms. The Morgan fingerprint density at radius 1 is 0.759 bits per heavy atom. The maximum absolute atomic E-state index is 11.5. The number of aromatic nitrogens is 4. The molecule has 2 aromatic carbocycles. The molecule has 0 aliphatic carbocycles. The molecule has 0 spiro atoms. The van der Waals surface area contributed by atoms with Crippen LogP contribution in [0.5, 0.6) is 0 Å². The van der Waals surface area contributed by atoms with Gasteiger partial charge < -0.3 is 10.2 Å². The first-order valence-electron chi connectivity index (χ1n) is 8.55. The molecule has 0 fully saturated rings. The number of benzene rings is 2. The van der Waals surface area contributed by atoms with Gasteiger partial charge in [0.2, 0.25) is 11.6 Å². The van der Waals surface area contributed by atoms with E-state index in [0.717, 1.165) is 8.76 Å². The van der Waals surface area contributed by atoms with E-state index < -0.39 is 20.0 Å². The molecule has 0 aliphatic heterocycles. The second kappa shape index (κ2) is 7.95. The monoisotopic (exact) mass is 520 g/mol. The van der Waals surface area contributed by atoms with Gasteiger partial charge in [0.15, 0.2) is 0 Å². The van der Waals surface area contributed by atoms with Gasteiger partial charge in [-0.2, -0.15) is 0 Å². The molecule has 3 rings (SSSR count). The summed E-state index contributed by atoms with van der Waals surface area (Å²) in [5, 5.41) is 36.0. The summed E-state index contributed by atoms with van der Waals surface area (Å²) >= 11 is 2.02. The Balaban J connectivity index is 2.04. The van der Waals surface area contributed by atoms with E-state index in [4.69, 9.17) is 0 Å². The topological polar surface area (TPSA) is 126 Å². The zero-order valence-corrected chi connectivity index (χ0v) is 19.0. The number of carboxylic acid groups (broad SMARTS) is 2. The van der Waals surface area contributed by atoms with Gasteiger partial charge in [-0.25, -0.2) is 9.59 Å². The van der Waals surface area contributed by atoms with Gasteiger partial charge in [0.25, 0.3) is 0 Å². The molecule has 0 radical (unpaired) electrons. The first kappa shape index (κ1) is 21.0. The third-order valence-electron chi connectivity index (χ3n) is 4.19. The van der Waals surface area contributed by atoms with Gasteiger partial charge in [0, 0.05) is 14.7 Å². The summed E-state index contributed by atoms with van der Waals surface area (Å²) in [6.45, 7) is 6.36. The Morgan fingerprint density at radius 3 is 1.66 bits per heavy atom. The van der Waals surface area contributed by atoms with Gasteiger partial charge in [0.1, 0.15) is 0 Å². The van der Waals surface area contributed by atoms with E-state index in [-0.39, 0.29) is 22.8 Å². The van der Waals surface area contributed by atoms with E-state index in [1.54, 1.807) is 12.1 Å². The zero-order valence-electron chi connectivity index (χ0n) is 15.8. The summed E-state index contributed by atoms with van der Waals surface area (Å²) in [5.41, 5.74) is 1.30. The molecule has 1 aromatic heterocycles. The van der Waals surface area contributed by atoms with Crippen LogP contribution in [0, 0.1) is 3.57 Å². The lowest BCUT2D eigenvalue weighted by atomic mass is 10.1. The highest BCUT2D eigenvalue weighted by molar-refractivity contribution is 14.1. The van der Waals surface area contributed by atoms with Crippen molar-refractivity contribution in [3.63, 3.8) is 0 Å². The third kappa shape index (κ3) is 4.82. The van der Waals surface area contributed by atoms with Crippen molar-refractivity contribution in [1.29, 1.82) is 0 Å². The van der Waals surface area contributed by atoms with Crippen molar-refractivity contribution in [2.24, 2.45) is 0 Å². The van der Waals surface area contributed by atoms with Crippen molar-refractivity contribution >= 4 is 47.8 Å². The van der Waals surface area contributed by atoms with Gasteiger partial charge >= 0.3 is 11.9 Å². The molecule has 10 heteroatoms. The lowest BCUT2D eigenvalue weighted by Crippen LogP contribution is -2.38. The number of hydrogen-bond acceptors (Lipinski definition) is 6. The number of nitrogens with zero attached hydrogens (tertiary/aromatic N) is 4. The molecular formula is C19H17IN4O4Si. The SMILES string of the molecule is C[Si](C)(C)c1cc(C(=O)O)cc(-c2nnc(-c3cc(I)cc(C(=O)O)c3)nn2)c1. The molecule has 0 aliphatic rings. The number of carbonyl (C=O) groups is 2. The highest BCUT2D eigenvalue weighted by Crippen LogP contribution is 2.21. The molecule has 3 aromatic rings. The van der Waals surface area contributed by atoms with Crippen molar-refractivity contribution < 1.29 is 19.8 Å². The van der Waals surface area contributed by atoms with E-state index in [9.17, 15) is 19.8 Å². The number of hydrogen-bond donors (Lipinski definition) is 2. The Labute approximate surface area is 181 Å². The van der Waals surface area contributed by atoms with Crippen LogP contribution in [0.15, 0.2) is 36.4 Å². The van der Waals surface area contributed by atoms with Crippen LogP contribution in [0.4, 0.5) is 0 Å². The summed E-state index contributed by atoms with van der Waals surface area (Å²) < 4.78 is 0.721. The number of aromatic carboxylic acids is 2. The molecule has 2 N–H and O–H groups in total. The van der Waals surface area contributed by atoms with E-state index in [0.29, 0.717) is 11.1 Å². The summed E-state index contributed by atoms with van der Waals surface area (Å²) in [6, 6.07) is 9.80. The zero-order chi connectivity index (χ0) is 21.3. The second-order valence-corrected chi connectivity index (χ2v) is 13.8. The van der Waals surface area contributed by atoms with Crippen LogP contribution in [0.2, 0.25) is 19.6 Å². The lowest BCUT2D eigenvalue weighted by Gasteiger charge is -2.18. The predicted molar refractivity (Wildman–Crippen MR) is 118 cm³/mol. The lowest BCUT2D eigenvalue weighted by molar-refractivity contribution is 0.0686. The van der Waals surface area contributed by atoms with Gasteiger partial charge in [0.05, 0.1) is 19.2 Å². The van der Waals surface area contributed by atoms with Crippen LogP contribution >= 0.6 is 22.6 Å². The molecular weight excluding hydrogens is 503 g/mol. The molecule has 1 heterocycles. The number of halogens is 1. The minimum atomic E-state index is -1.78. The second-order valence-electron chi connectivity index (χ2n) is 7.44. The maximum Gasteiger partial charge on any atom is 0.335 e. The van der Waals surface area contributed by atoms with Crippen LogP contribution < -0.4 is 5.19 Å². The first-order chi connectivity index (χ1) is 13.5. The number of carboxylic acids is 2. The minimum Gasteiger partial charge on any atom is -0.478 e. The normalized spacial score (nSPS) is 11.3. The fourth-order valence-electron chi connectivity index (χ4n) is 2.62. The summed E-state index contributed by atoms with van der Waals surface area (Å²) in [4.78, 5) is 22.8. The molecule has 8 nitrogen and oxygen atoms in total. The van der Waals surface area contributed by atoms with Crippen LogP contribution in [-0.4, -0.2) is 50.6 Å². The summed E-state index contributed by atoms with van der Waals surface area (Å²) in [6.07, 6.45) is 0. The van der Waals surface area contributed by atoms with Crippen LogP contribution in [0.1, 0.15) is 20.7 Å². The fraction of sp³-hybridized carbons (Fsp3) is 0.158. The molecule has 0 atom stereocenters. The standard InChI is InChI=1S/C19H17IN4O4Si/c1-29(2,3)15-8-11(5-13(9-15)19(27)28)17-23-21-16(22-24-17)10-4-12(18(25)26)7-14(20)6-10/h4-9H,1-3H3,(H,25,26)(H,27,28). The smallest absolute Gasteiger partial charge is 0.335 e. The number of rotatable bonds is 5. The molecule has 0 unspecified atom stereocenters. The molecule has 0 saturated carbocycles. The summed E-state index contributed by atoms with van der Waals surface area (Å²) in [7, 11) is -1.78. The molecule has 148 valence electrons. The van der Waals surface area contributed by atoms with E-state index in [1.165, 1.54) is 18.2 Å². The van der Waals surface area contributed by atoms with Crippen LogP contribution in [-0.2, 0) is 0 Å². The predicted octanol–water partition coefficient (Wildman–Crippen LogP) is 3.15. The molecule has 0 amide bonds. The quantitative estimate of drug-likeness (QED) is 0.388. The fourth-order valence-corrected chi connectivity index (χ4v) is 4.46. The molecule has 0 bridgehead atoms. The Kier molecular flexibility index (Phi) is 5.75. The first-order valence-corrected chi connectivity index (χ1v) is 13.1. The summed E-state index contributed by atoms with van der Waals surface area (Å²) in [5.74, 6) is -1.68. The average molecular weight is 520 g/mol. The van der Waals surface area contributed by atoms with Crippen molar-refractivity contribution in [2.45, 2.75) is 19.6 Å². The van der Waals surface area contributed by atoms with Crippen molar-refractivity contribution in [2.75, 3.05) is 0 Å². The van der Waals surface area contributed by atoms with E-state index in [2.05, 4.69) is 40.0 Å². The van der Waals surface area contributed by atoms with E-state index >= 15 is 0 Å². The van der Waals surface area contributed by atoms with Crippen molar-refractivity contribution in [3.05, 3.63) is 51.1 Å². The van der Waals surface area contributed by atoms with Gasteiger partial charge in [-0.15, -0.1) is 20.4 Å². The third-order valence-corrected chi connectivity index (χ3v) is 6.83. The van der Waals surface area contributed by atoms with Crippen LogP contribution in [0.3, 0.4) is 0 Å². The largest absolute Gasteiger partial charge is 0.478 e. The van der Waals surface area contributed by atoms with Crippen molar-refractivity contribution in [1.82, 2.24) is 20.4 Å². The van der Waals surface area contributed by atoms with E-state index in [1.807, 2.05) is 28.7 Å². The Hall–Kier alpha value is -2.73. The van der Waals surface area contributed by atoms with Gasteiger partial charge in [-0.1, -0.05) is 30.9 Å². The highest BCUT2D eigenvalue weighted by Gasteiger charge is 2.21. The average Bonchev–Trinajstić information content (AvgIpc) is 2.66. The molecule has 0 saturated heterocycles. The van der Waals surface area contributed by atoms with Gasteiger partial charge in [-0.05, 0) is 52.9 Å². The highest BCUT2D eigenvalue weighted by atomic mass is 127. The Morgan fingerprint density at radius 2 is 1.21 bits per heavy atom. The minimum absolute atomic E-state index is 0.119. The van der Waals surface area contributed by atoms with Gasteiger partial charge in [-0.3, -0.25) is 0 Å².